The normalized spacial score (nSPS) is 16.2. The van der Waals surface area contributed by atoms with Gasteiger partial charge < -0.3 is 15.0 Å². The standard InChI is InChI=1S/C17H27N3O3S2/c1-14(2)15-4-6-16(7-5-15)25(21,22)20-11-9-19(10-12-20)17(24)18-8-13-23-3/h4-7,14H,8-13H2,1-3H3,(H,18,24). The molecular formula is C17H27N3O3S2. The van der Waals surface area contributed by atoms with Gasteiger partial charge in [-0.1, -0.05) is 26.0 Å². The molecule has 1 fully saturated rings. The molecule has 0 radical (unpaired) electrons. The predicted molar refractivity (Wildman–Crippen MR) is 103 cm³/mol. The summed E-state index contributed by atoms with van der Waals surface area (Å²) in [6.07, 6.45) is 0. The lowest BCUT2D eigenvalue weighted by Gasteiger charge is -2.35. The van der Waals surface area contributed by atoms with Gasteiger partial charge in [0.15, 0.2) is 5.11 Å². The Kier molecular flexibility index (Phi) is 7.18. The summed E-state index contributed by atoms with van der Waals surface area (Å²) in [7, 11) is -1.81. The maximum Gasteiger partial charge on any atom is 0.243 e. The van der Waals surface area contributed by atoms with E-state index in [1.165, 1.54) is 4.31 Å². The summed E-state index contributed by atoms with van der Waals surface area (Å²) >= 11 is 5.34. The van der Waals surface area contributed by atoms with E-state index in [0.29, 0.717) is 55.3 Å². The van der Waals surface area contributed by atoms with Gasteiger partial charge in [-0.05, 0) is 35.8 Å². The fourth-order valence-corrected chi connectivity index (χ4v) is 4.38. The maximum atomic E-state index is 12.8. The fraction of sp³-hybridized carbons (Fsp3) is 0.588. The van der Waals surface area contributed by atoms with Crippen LogP contribution in [-0.2, 0) is 14.8 Å². The van der Waals surface area contributed by atoms with Crippen LogP contribution in [0.3, 0.4) is 0 Å². The molecule has 0 aromatic heterocycles. The van der Waals surface area contributed by atoms with Gasteiger partial charge in [0.2, 0.25) is 10.0 Å². The van der Waals surface area contributed by atoms with Crippen molar-refractivity contribution in [2.24, 2.45) is 0 Å². The molecule has 0 amide bonds. The first kappa shape index (κ1) is 20.1. The summed E-state index contributed by atoms with van der Waals surface area (Å²) < 4.78 is 32.1. The number of thiocarbonyl (C=S) groups is 1. The molecular weight excluding hydrogens is 358 g/mol. The van der Waals surface area contributed by atoms with Crippen LogP contribution in [0.5, 0.6) is 0 Å². The monoisotopic (exact) mass is 385 g/mol. The second kappa shape index (κ2) is 8.93. The first-order valence-electron chi connectivity index (χ1n) is 8.48. The van der Waals surface area contributed by atoms with Gasteiger partial charge in [-0.2, -0.15) is 4.31 Å². The van der Waals surface area contributed by atoms with Crippen LogP contribution in [0.25, 0.3) is 0 Å². The number of methoxy groups -OCH3 is 1. The van der Waals surface area contributed by atoms with Crippen molar-refractivity contribution in [1.82, 2.24) is 14.5 Å². The topological polar surface area (TPSA) is 61.9 Å². The van der Waals surface area contributed by atoms with Crippen molar-refractivity contribution in [1.29, 1.82) is 0 Å². The SMILES string of the molecule is COCCNC(=S)N1CCN(S(=O)(=O)c2ccc(C(C)C)cc2)CC1. The summed E-state index contributed by atoms with van der Waals surface area (Å²) in [5.74, 6) is 0.381. The first-order valence-corrected chi connectivity index (χ1v) is 10.3. The maximum absolute atomic E-state index is 12.8. The predicted octanol–water partition coefficient (Wildman–Crippen LogP) is 1.64. The number of nitrogens with one attached hydrogen (secondary N) is 1. The van der Waals surface area contributed by atoms with Crippen molar-refractivity contribution in [3.05, 3.63) is 29.8 Å². The minimum absolute atomic E-state index is 0.353. The van der Waals surface area contributed by atoms with Gasteiger partial charge in [0, 0.05) is 39.8 Å². The van der Waals surface area contributed by atoms with Gasteiger partial charge in [0.1, 0.15) is 0 Å². The Morgan fingerprint density at radius 1 is 1.20 bits per heavy atom. The van der Waals surface area contributed by atoms with Crippen LogP contribution in [0, 0.1) is 0 Å². The molecule has 140 valence electrons. The van der Waals surface area contributed by atoms with E-state index in [0.717, 1.165) is 5.56 Å². The molecule has 1 aromatic rings. The van der Waals surface area contributed by atoms with E-state index in [4.69, 9.17) is 17.0 Å². The highest BCUT2D eigenvalue weighted by Gasteiger charge is 2.29. The van der Waals surface area contributed by atoms with Crippen molar-refractivity contribution in [2.45, 2.75) is 24.7 Å². The quantitative estimate of drug-likeness (QED) is 0.593. The van der Waals surface area contributed by atoms with Gasteiger partial charge >= 0.3 is 0 Å². The highest BCUT2D eigenvalue weighted by molar-refractivity contribution is 7.89. The van der Waals surface area contributed by atoms with Crippen LogP contribution in [0.2, 0.25) is 0 Å². The van der Waals surface area contributed by atoms with E-state index in [1.54, 1.807) is 19.2 Å². The molecule has 0 atom stereocenters. The largest absolute Gasteiger partial charge is 0.383 e. The molecule has 0 bridgehead atoms. The number of benzene rings is 1. The smallest absolute Gasteiger partial charge is 0.243 e. The minimum Gasteiger partial charge on any atom is -0.383 e. The van der Waals surface area contributed by atoms with Crippen molar-refractivity contribution in [3.63, 3.8) is 0 Å². The zero-order chi connectivity index (χ0) is 18.4. The van der Waals surface area contributed by atoms with Gasteiger partial charge in [0.05, 0.1) is 11.5 Å². The van der Waals surface area contributed by atoms with Crippen LogP contribution in [0.4, 0.5) is 0 Å². The third-order valence-corrected chi connectivity index (χ3v) is 6.61. The number of hydrogen-bond donors (Lipinski definition) is 1. The molecule has 25 heavy (non-hydrogen) atoms. The van der Waals surface area contributed by atoms with E-state index in [2.05, 4.69) is 19.2 Å². The lowest BCUT2D eigenvalue weighted by molar-refractivity contribution is 0.201. The highest BCUT2D eigenvalue weighted by atomic mass is 32.2. The Balaban J connectivity index is 1.95. The van der Waals surface area contributed by atoms with E-state index >= 15 is 0 Å². The molecule has 1 heterocycles. The first-order chi connectivity index (χ1) is 11.9. The fourth-order valence-electron chi connectivity index (χ4n) is 2.68. The molecule has 1 aliphatic rings. The average molecular weight is 386 g/mol. The Bertz CT molecular complexity index is 667. The molecule has 0 saturated carbocycles. The Hall–Kier alpha value is -1.22. The highest BCUT2D eigenvalue weighted by Crippen LogP contribution is 2.21. The molecule has 0 spiro atoms. The molecule has 1 aliphatic heterocycles. The number of sulfonamides is 1. The van der Waals surface area contributed by atoms with E-state index in [9.17, 15) is 8.42 Å². The zero-order valence-electron chi connectivity index (χ0n) is 15.1. The van der Waals surface area contributed by atoms with Crippen molar-refractivity contribution in [3.8, 4) is 0 Å². The van der Waals surface area contributed by atoms with E-state index < -0.39 is 10.0 Å². The number of ether oxygens (including phenoxy) is 1. The Morgan fingerprint density at radius 3 is 2.32 bits per heavy atom. The van der Waals surface area contributed by atoms with Crippen LogP contribution in [0.1, 0.15) is 25.3 Å². The van der Waals surface area contributed by atoms with Gasteiger partial charge in [0.25, 0.3) is 0 Å². The van der Waals surface area contributed by atoms with Crippen molar-refractivity contribution in [2.75, 3.05) is 46.4 Å². The van der Waals surface area contributed by atoms with Crippen LogP contribution in [0.15, 0.2) is 29.2 Å². The average Bonchev–Trinajstić information content (AvgIpc) is 2.62. The van der Waals surface area contributed by atoms with Crippen LogP contribution >= 0.6 is 12.2 Å². The summed E-state index contributed by atoms with van der Waals surface area (Å²) in [5, 5.41) is 3.77. The van der Waals surface area contributed by atoms with Crippen molar-refractivity contribution < 1.29 is 13.2 Å². The molecule has 1 saturated heterocycles. The number of rotatable bonds is 6. The number of nitrogens with zero attached hydrogens (tertiary/aromatic N) is 2. The summed E-state index contributed by atoms with van der Waals surface area (Å²) in [5.41, 5.74) is 1.14. The van der Waals surface area contributed by atoms with Crippen LogP contribution < -0.4 is 5.32 Å². The summed E-state index contributed by atoms with van der Waals surface area (Å²) in [6, 6.07) is 7.19. The molecule has 0 aliphatic carbocycles. The number of piperazine rings is 1. The number of hydrogen-bond acceptors (Lipinski definition) is 4. The second-order valence-corrected chi connectivity index (χ2v) is 8.66. The van der Waals surface area contributed by atoms with Gasteiger partial charge in [-0.3, -0.25) is 0 Å². The lowest BCUT2D eigenvalue weighted by atomic mass is 10.0. The minimum atomic E-state index is -3.45. The summed E-state index contributed by atoms with van der Waals surface area (Å²) in [4.78, 5) is 2.35. The van der Waals surface area contributed by atoms with Crippen LogP contribution in [-0.4, -0.2) is 69.2 Å². The lowest BCUT2D eigenvalue weighted by Crippen LogP contribution is -2.53. The van der Waals surface area contributed by atoms with E-state index in [-0.39, 0.29) is 0 Å². The molecule has 0 unspecified atom stereocenters. The van der Waals surface area contributed by atoms with E-state index in [1.807, 2.05) is 17.0 Å². The van der Waals surface area contributed by atoms with Gasteiger partial charge in [-0.15, -0.1) is 0 Å². The zero-order valence-corrected chi connectivity index (χ0v) is 16.7. The summed E-state index contributed by atoms with van der Waals surface area (Å²) in [6.45, 7) is 7.44. The third-order valence-electron chi connectivity index (χ3n) is 4.29. The molecule has 2 rings (SSSR count). The Morgan fingerprint density at radius 2 is 1.80 bits per heavy atom. The molecule has 8 heteroatoms. The third kappa shape index (κ3) is 5.13. The van der Waals surface area contributed by atoms with Crippen molar-refractivity contribution >= 4 is 27.4 Å². The molecule has 1 N–H and O–H groups in total. The molecule has 1 aromatic carbocycles. The Labute approximate surface area is 156 Å². The second-order valence-electron chi connectivity index (χ2n) is 6.34. The molecule has 6 nitrogen and oxygen atoms in total. The van der Waals surface area contributed by atoms with Gasteiger partial charge in [-0.25, -0.2) is 8.42 Å².